The van der Waals surface area contributed by atoms with E-state index in [0.29, 0.717) is 13.1 Å². The molecule has 4 heteroatoms. The fourth-order valence-electron chi connectivity index (χ4n) is 1.50. The quantitative estimate of drug-likeness (QED) is 0.777. The second-order valence-corrected chi connectivity index (χ2v) is 3.65. The third kappa shape index (κ3) is 3.55. The SMILES string of the molecule is COc1cccc(C(CN)CNC(C)=O)c1. The first kappa shape index (κ1) is 12.5. The van der Waals surface area contributed by atoms with Crippen LogP contribution in [-0.2, 0) is 4.79 Å². The number of amides is 1. The summed E-state index contributed by atoms with van der Waals surface area (Å²) in [5.41, 5.74) is 6.77. The van der Waals surface area contributed by atoms with Crippen LogP contribution in [0.3, 0.4) is 0 Å². The maximum absolute atomic E-state index is 10.8. The van der Waals surface area contributed by atoms with Crippen molar-refractivity contribution < 1.29 is 9.53 Å². The largest absolute Gasteiger partial charge is 0.497 e. The van der Waals surface area contributed by atoms with Crippen molar-refractivity contribution in [1.82, 2.24) is 5.32 Å². The summed E-state index contributed by atoms with van der Waals surface area (Å²) < 4.78 is 5.15. The summed E-state index contributed by atoms with van der Waals surface area (Å²) in [4.78, 5) is 10.8. The van der Waals surface area contributed by atoms with Crippen molar-refractivity contribution in [2.45, 2.75) is 12.8 Å². The minimum atomic E-state index is -0.0404. The van der Waals surface area contributed by atoms with Gasteiger partial charge in [0.05, 0.1) is 7.11 Å². The number of ether oxygens (including phenoxy) is 1. The van der Waals surface area contributed by atoms with Gasteiger partial charge in [-0.1, -0.05) is 12.1 Å². The van der Waals surface area contributed by atoms with Crippen molar-refractivity contribution in [2.75, 3.05) is 20.2 Å². The molecule has 1 atom stereocenters. The molecule has 0 aromatic heterocycles. The lowest BCUT2D eigenvalue weighted by Crippen LogP contribution is -2.29. The van der Waals surface area contributed by atoms with Gasteiger partial charge in [-0.2, -0.15) is 0 Å². The number of nitrogens with two attached hydrogens (primary N) is 1. The molecule has 1 amide bonds. The lowest BCUT2D eigenvalue weighted by atomic mass is 9.99. The molecule has 1 rings (SSSR count). The van der Waals surface area contributed by atoms with E-state index in [1.807, 2.05) is 24.3 Å². The van der Waals surface area contributed by atoms with E-state index < -0.39 is 0 Å². The van der Waals surface area contributed by atoms with Crippen molar-refractivity contribution in [3.63, 3.8) is 0 Å². The van der Waals surface area contributed by atoms with Crippen LogP contribution in [-0.4, -0.2) is 26.1 Å². The normalized spacial score (nSPS) is 11.9. The summed E-state index contributed by atoms with van der Waals surface area (Å²) in [6.45, 7) is 2.55. The van der Waals surface area contributed by atoms with E-state index in [-0.39, 0.29) is 11.8 Å². The van der Waals surface area contributed by atoms with E-state index in [2.05, 4.69) is 5.32 Å². The predicted octanol–water partition coefficient (Wildman–Crippen LogP) is 0.874. The average molecular weight is 222 g/mol. The number of rotatable bonds is 5. The Balaban J connectivity index is 2.73. The van der Waals surface area contributed by atoms with Crippen molar-refractivity contribution in [2.24, 2.45) is 5.73 Å². The first-order valence-electron chi connectivity index (χ1n) is 5.25. The second-order valence-electron chi connectivity index (χ2n) is 3.65. The van der Waals surface area contributed by atoms with Gasteiger partial charge in [0.25, 0.3) is 0 Å². The van der Waals surface area contributed by atoms with Crippen LogP contribution in [0.2, 0.25) is 0 Å². The molecular formula is C12H18N2O2. The third-order valence-corrected chi connectivity index (χ3v) is 2.45. The number of hydrogen-bond donors (Lipinski definition) is 2. The van der Waals surface area contributed by atoms with E-state index >= 15 is 0 Å². The molecule has 0 aliphatic carbocycles. The third-order valence-electron chi connectivity index (χ3n) is 2.45. The van der Waals surface area contributed by atoms with Crippen LogP contribution in [0.1, 0.15) is 18.4 Å². The monoisotopic (exact) mass is 222 g/mol. The fraction of sp³-hybridized carbons (Fsp3) is 0.417. The Morgan fingerprint density at radius 1 is 1.56 bits per heavy atom. The summed E-state index contributed by atoms with van der Waals surface area (Å²) in [5, 5.41) is 2.77. The molecule has 0 aliphatic rings. The number of benzene rings is 1. The first-order valence-corrected chi connectivity index (χ1v) is 5.25. The number of methoxy groups -OCH3 is 1. The smallest absolute Gasteiger partial charge is 0.216 e. The van der Waals surface area contributed by atoms with Crippen LogP contribution >= 0.6 is 0 Å². The lowest BCUT2D eigenvalue weighted by molar-refractivity contribution is -0.119. The topological polar surface area (TPSA) is 64.3 Å². The number of carbonyl (C=O) groups is 1. The van der Waals surface area contributed by atoms with Gasteiger partial charge in [-0.15, -0.1) is 0 Å². The standard InChI is InChI=1S/C12H18N2O2/c1-9(15)14-8-11(7-13)10-4-3-5-12(6-10)16-2/h3-6,11H,7-8,13H2,1-2H3,(H,14,15). The van der Waals surface area contributed by atoms with E-state index in [9.17, 15) is 4.79 Å². The summed E-state index contributed by atoms with van der Waals surface area (Å²) in [6.07, 6.45) is 0. The van der Waals surface area contributed by atoms with E-state index in [0.717, 1.165) is 11.3 Å². The molecule has 0 radical (unpaired) electrons. The van der Waals surface area contributed by atoms with E-state index in [1.165, 1.54) is 6.92 Å². The van der Waals surface area contributed by atoms with Gasteiger partial charge in [0.15, 0.2) is 0 Å². The van der Waals surface area contributed by atoms with Gasteiger partial charge in [0.1, 0.15) is 5.75 Å². The highest BCUT2D eigenvalue weighted by Crippen LogP contribution is 2.19. The molecule has 1 aromatic rings. The molecule has 3 N–H and O–H groups in total. The Bertz CT molecular complexity index is 353. The molecular weight excluding hydrogens is 204 g/mol. The zero-order valence-corrected chi connectivity index (χ0v) is 9.69. The van der Waals surface area contributed by atoms with Gasteiger partial charge >= 0.3 is 0 Å². The summed E-state index contributed by atoms with van der Waals surface area (Å²) in [7, 11) is 1.63. The van der Waals surface area contributed by atoms with E-state index in [4.69, 9.17) is 10.5 Å². The predicted molar refractivity (Wildman–Crippen MR) is 63.5 cm³/mol. The second kappa shape index (κ2) is 6.12. The highest BCUT2D eigenvalue weighted by Gasteiger charge is 2.10. The molecule has 16 heavy (non-hydrogen) atoms. The molecule has 1 aromatic carbocycles. The van der Waals surface area contributed by atoms with Gasteiger partial charge < -0.3 is 15.8 Å². The summed E-state index contributed by atoms with van der Waals surface area (Å²) in [5.74, 6) is 0.888. The molecule has 0 heterocycles. The van der Waals surface area contributed by atoms with Gasteiger partial charge in [0, 0.05) is 25.9 Å². The molecule has 0 bridgehead atoms. The number of carbonyl (C=O) groups excluding carboxylic acids is 1. The van der Waals surface area contributed by atoms with E-state index in [1.54, 1.807) is 7.11 Å². The molecule has 1 unspecified atom stereocenters. The van der Waals surface area contributed by atoms with Crippen molar-refractivity contribution in [1.29, 1.82) is 0 Å². The van der Waals surface area contributed by atoms with Crippen LogP contribution < -0.4 is 15.8 Å². The average Bonchev–Trinajstić information content (AvgIpc) is 2.30. The Morgan fingerprint density at radius 2 is 2.31 bits per heavy atom. The zero-order chi connectivity index (χ0) is 12.0. The molecule has 88 valence electrons. The van der Waals surface area contributed by atoms with Crippen LogP contribution in [0, 0.1) is 0 Å². The molecule has 0 saturated heterocycles. The minimum Gasteiger partial charge on any atom is -0.497 e. The van der Waals surface area contributed by atoms with Gasteiger partial charge in [0.2, 0.25) is 5.91 Å². The van der Waals surface area contributed by atoms with Crippen molar-refractivity contribution in [3.05, 3.63) is 29.8 Å². The lowest BCUT2D eigenvalue weighted by Gasteiger charge is -2.16. The zero-order valence-electron chi connectivity index (χ0n) is 9.69. The fourth-order valence-corrected chi connectivity index (χ4v) is 1.50. The molecule has 0 fully saturated rings. The van der Waals surface area contributed by atoms with Crippen LogP contribution in [0.25, 0.3) is 0 Å². The Labute approximate surface area is 95.8 Å². The highest BCUT2D eigenvalue weighted by molar-refractivity contribution is 5.72. The summed E-state index contributed by atoms with van der Waals surface area (Å²) in [6, 6.07) is 7.74. The Morgan fingerprint density at radius 3 is 2.88 bits per heavy atom. The van der Waals surface area contributed by atoms with Crippen LogP contribution in [0.4, 0.5) is 0 Å². The maximum Gasteiger partial charge on any atom is 0.216 e. The number of hydrogen-bond acceptors (Lipinski definition) is 3. The molecule has 0 aliphatic heterocycles. The molecule has 4 nitrogen and oxygen atoms in total. The van der Waals surface area contributed by atoms with Crippen molar-refractivity contribution in [3.8, 4) is 5.75 Å². The summed E-state index contributed by atoms with van der Waals surface area (Å²) >= 11 is 0. The van der Waals surface area contributed by atoms with Gasteiger partial charge in [-0.3, -0.25) is 4.79 Å². The van der Waals surface area contributed by atoms with Gasteiger partial charge in [-0.05, 0) is 17.7 Å². The number of nitrogens with one attached hydrogen (secondary N) is 1. The Hall–Kier alpha value is -1.55. The van der Waals surface area contributed by atoms with Crippen molar-refractivity contribution >= 4 is 5.91 Å². The maximum atomic E-state index is 10.8. The minimum absolute atomic E-state index is 0.0404. The van der Waals surface area contributed by atoms with Gasteiger partial charge in [-0.25, -0.2) is 0 Å². The van der Waals surface area contributed by atoms with Crippen LogP contribution in [0.15, 0.2) is 24.3 Å². The Kier molecular flexibility index (Phi) is 4.79. The van der Waals surface area contributed by atoms with Crippen LogP contribution in [0.5, 0.6) is 5.75 Å². The highest BCUT2D eigenvalue weighted by atomic mass is 16.5. The first-order chi connectivity index (χ1) is 7.67. The molecule has 0 saturated carbocycles. The molecule has 0 spiro atoms.